The molecule has 33 heavy (non-hydrogen) atoms. The highest BCUT2D eigenvalue weighted by Crippen LogP contribution is 2.24. The number of anilines is 1. The highest BCUT2D eigenvalue weighted by Gasteiger charge is 2.16. The number of rotatable bonds is 8. The number of aromatic nitrogens is 4. The Morgan fingerprint density at radius 3 is 2.18 bits per heavy atom. The molecule has 4 aromatic rings. The maximum atomic E-state index is 5.87. The Hall–Kier alpha value is -3.49. The maximum Gasteiger partial charge on any atom is 0.204 e. The predicted molar refractivity (Wildman–Crippen MR) is 134 cm³/mol. The summed E-state index contributed by atoms with van der Waals surface area (Å²) in [6, 6.07) is 20.3. The van der Waals surface area contributed by atoms with Gasteiger partial charge in [-0.3, -0.25) is 14.5 Å². The number of nitrogens with zero attached hydrogens (tertiary/aromatic N) is 6. The lowest BCUT2D eigenvalue weighted by Gasteiger charge is -2.18. The lowest BCUT2D eigenvalue weighted by Crippen LogP contribution is -2.22. The Morgan fingerprint density at radius 2 is 1.58 bits per heavy atom. The summed E-state index contributed by atoms with van der Waals surface area (Å²) in [6.07, 6.45) is 3.53. The van der Waals surface area contributed by atoms with E-state index >= 15 is 0 Å². The van der Waals surface area contributed by atoms with Gasteiger partial charge >= 0.3 is 0 Å². The Bertz CT molecular complexity index is 1250. The van der Waals surface area contributed by atoms with E-state index < -0.39 is 0 Å². The standard InChI is InChI=1S/C25H28N6OS/c1-28(2)21-7-5-19(6-8-21)17-29(3)18-30-25(33)31(22-9-11-23(32-4)12-10-22)24(27-30)20-13-15-26-16-14-20/h5-16H,17-18H2,1-4H3. The van der Waals surface area contributed by atoms with Gasteiger partial charge < -0.3 is 9.64 Å². The first kappa shape index (κ1) is 22.7. The molecule has 0 bridgehead atoms. The van der Waals surface area contributed by atoms with E-state index in [-0.39, 0.29) is 0 Å². The summed E-state index contributed by atoms with van der Waals surface area (Å²) < 4.78 is 9.79. The summed E-state index contributed by atoms with van der Waals surface area (Å²) in [5, 5.41) is 4.89. The van der Waals surface area contributed by atoms with Gasteiger partial charge in [0.15, 0.2) is 5.82 Å². The van der Waals surface area contributed by atoms with E-state index in [4.69, 9.17) is 22.1 Å². The summed E-state index contributed by atoms with van der Waals surface area (Å²) in [6.45, 7) is 1.35. The molecule has 0 spiro atoms. The monoisotopic (exact) mass is 460 g/mol. The van der Waals surface area contributed by atoms with Gasteiger partial charge in [-0.25, -0.2) is 4.68 Å². The van der Waals surface area contributed by atoms with E-state index in [1.807, 2.05) is 59.7 Å². The van der Waals surface area contributed by atoms with E-state index in [9.17, 15) is 0 Å². The van der Waals surface area contributed by atoms with Crippen LogP contribution >= 0.6 is 12.2 Å². The molecule has 8 heteroatoms. The van der Waals surface area contributed by atoms with E-state index in [0.717, 1.165) is 29.4 Å². The molecule has 0 amide bonds. The fourth-order valence-corrected chi connectivity index (χ4v) is 3.93. The van der Waals surface area contributed by atoms with Crippen molar-refractivity contribution < 1.29 is 4.74 Å². The first-order chi connectivity index (χ1) is 16.0. The summed E-state index contributed by atoms with van der Waals surface area (Å²) >= 11 is 5.87. The molecule has 0 saturated carbocycles. The van der Waals surface area contributed by atoms with Crippen LogP contribution < -0.4 is 9.64 Å². The van der Waals surface area contributed by atoms with Crippen LogP contribution in [0.1, 0.15) is 5.56 Å². The van der Waals surface area contributed by atoms with Crippen LogP contribution in [0.3, 0.4) is 0 Å². The van der Waals surface area contributed by atoms with Gasteiger partial charge in [-0.1, -0.05) is 12.1 Å². The minimum atomic E-state index is 0.565. The molecule has 170 valence electrons. The lowest BCUT2D eigenvalue weighted by atomic mass is 10.2. The molecular weight excluding hydrogens is 432 g/mol. The van der Waals surface area contributed by atoms with Gasteiger partial charge in [0.05, 0.1) is 19.5 Å². The van der Waals surface area contributed by atoms with Crippen molar-refractivity contribution in [2.24, 2.45) is 0 Å². The molecular formula is C25H28N6OS. The van der Waals surface area contributed by atoms with Crippen LogP contribution in [0.25, 0.3) is 17.1 Å². The van der Waals surface area contributed by atoms with Crippen LogP contribution in [0.15, 0.2) is 73.1 Å². The second-order valence-electron chi connectivity index (χ2n) is 8.09. The number of methoxy groups -OCH3 is 1. The minimum Gasteiger partial charge on any atom is -0.497 e. The highest BCUT2D eigenvalue weighted by molar-refractivity contribution is 7.71. The van der Waals surface area contributed by atoms with E-state index in [1.54, 1.807) is 19.5 Å². The van der Waals surface area contributed by atoms with Crippen molar-refractivity contribution >= 4 is 17.9 Å². The molecule has 2 aromatic heterocycles. The van der Waals surface area contributed by atoms with Crippen LogP contribution in [0.2, 0.25) is 0 Å². The van der Waals surface area contributed by atoms with Gasteiger partial charge in [-0.15, -0.1) is 5.10 Å². The zero-order valence-electron chi connectivity index (χ0n) is 19.3. The van der Waals surface area contributed by atoms with Crippen LogP contribution in [-0.4, -0.2) is 52.5 Å². The predicted octanol–water partition coefficient (Wildman–Crippen LogP) is 4.63. The molecule has 0 saturated heterocycles. The molecule has 0 atom stereocenters. The first-order valence-electron chi connectivity index (χ1n) is 10.7. The molecule has 0 fully saturated rings. The van der Waals surface area contributed by atoms with Crippen molar-refractivity contribution in [2.75, 3.05) is 33.2 Å². The average molecular weight is 461 g/mol. The van der Waals surface area contributed by atoms with Crippen molar-refractivity contribution in [3.63, 3.8) is 0 Å². The summed E-state index contributed by atoms with van der Waals surface area (Å²) in [5.74, 6) is 1.57. The molecule has 0 N–H and O–H groups in total. The Morgan fingerprint density at radius 1 is 0.909 bits per heavy atom. The van der Waals surface area contributed by atoms with Gasteiger partial charge in [0.1, 0.15) is 5.75 Å². The largest absolute Gasteiger partial charge is 0.497 e. The summed E-state index contributed by atoms with van der Waals surface area (Å²) in [7, 11) is 7.82. The normalized spacial score (nSPS) is 11.1. The SMILES string of the molecule is COc1ccc(-n2c(-c3ccncc3)nn(CN(C)Cc3ccc(N(C)C)cc3)c2=S)cc1. The maximum absolute atomic E-state index is 5.87. The van der Waals surface area contributed by atoms with Crippen molar-refractivity contribution in [1.82, 2.24) is 24.2 Å². The number of benzene rings is 2. The number of hydrogen-bond donors (Lipinski definition) is 0. The fourth-order valence-electron chi connectivity index (χ4n) is 3.64. The van der Waals surface area contributed by atoms with Crippen LogP contribution in [0.4, 0.5) is 5.69 Å². The van der Waals surface area contributed by atoms with Crippen LogP contribution in [0, 0.1) is 4.77 Å². The van der Waals surface area contributed by atoms with Crippen molar-refractivity contribution in [1.29, 1.82) is 0 Å². The van der Waals surface area contributed by atoms with E-state index in [2.05, 4.69) is 46.1 Å². The zero-order chi connectivity index (χ0) is 23.4. The minimum absolute atomic E-state index is 0.565. The Labute approximate surface area is 199 Å². The Kier molecular flexibility index (Phi) is 6.86. The topological polar surface area (TPSA) is 51.4 Å². The molecule has 0 aliphatic rings. The number of pyridine rings is 1. The van der Waals surface area contributed by atoms with Gasteiger partial charge in [0.25, 0.3) is 0 Å². The molecule has 4 rings (SSSR count). The third kappa shape index (κ3) is 5.13. The third-order valence-electron chi connectivity index (χ3n) is 5.39. The van der Waals surface area contributed by atoms with Gasteiger partial charge in [0, 0.05) is 44.3 Å². The second kappa shape index (κ2) is 9.97. The second-order valence-corrected chi connectivity index (χ2v) is 8.46. The van der Waals surface area contributed by atoms with Gasteiger partial charge in [0.2, 0.25) is 4.77 Å². The van der Waals surface area contributed by atoms with E-state index in [1.165, 1.54) is 11.3 Å². The molecule has 2 aromatic carbocycles. The smallest absolute Gasteiger partial charge is 0.204 e. The molecule has 7 nitrogen and oxygen atoms in total. The lowest BCUT2D eigenvalue weighted by molar-refractivity contribution is 0.244. The molecule has 0 aliphatic heterocycles. The highest BCUT2D eigenvalue weighted by atomic mass is 32.1. The van der Waals surface area contributed by atoms with Gasteiger partial charge in [-0.2, -0.15) is 0 Å². The summed E-state index contributed by atoms with van der Waals surface area (Å²) in [4.78, 5) is 8.43. The number of ether oxygens (including phenoxy) is 1. The van der Waals surface area contributed by atoms with Crippen LogP contribution in [0.5, 0.6) is 5.75 Å². The molecule has 0 radical (unpaired) electrons. The molecule has 2 heterocycles. The molecule has 0 unspecified atom stereocenters. The van der Waals surface area contributed by atoms with Crippen LogP contribution in [-0.2, 0) is 13.2 Å². The Balaban J connectivity index is 1.64. The third-order valence-corrected chi connectivity index (χ3v) is 5.78. The quantitative estimate of drug-likeness (QED) is 0.358. The van der Waals surface area contributed by atoms with Gasteiger partial charge in [-0.05, 0) is 73.4 Å². The number of hydrogen-bond acceptors (Lipinski definition) is 6. The zero-order valence-corrected chi connectivity index (χ0v) is 20.2. The van der Waals surface area contributed by atoms with Crippen molar-refractivity contribution in [2.45, 2.75) is 13.2 Å². The first-order valence-corrected chi connectivity index (χ1v) is 11.1. The molecule has 0 aliphatic carbocycles. The van der Waals surface area contributed by atoms with Crippen molar-refractivity contribution in [3.8, 4) is 22.8 Å². The van der Waals surface area contributed by atoms with E-state index in [0.29, 0.717) is 11.4 Å². The average Bonchev–Trinajstić information content (AvgIpc) is 3.15. The fraction of sp³-hybridized carbons (Fsp3) is 0.240. The summed E-state index contributed by atoms with van der Waals surface area (Å²) in [5.41, 5.74) is 4.30. The van der Waals surface area contributed by atoms with Crippen molar-refractivity contribution in [3.05, 3.63) is 83.4 Å².